The highest BCUT2D eigenvalue weighted by atomic mass is 79.9. The second-order valence-electron chi connectivity index (χ2n) is 7.49. The highest BCUT2D eigenvalue weighted by molar-refractivity contribution is 9.10. The maximum atomic E-state index is 12.6. The molecule has 1 aromatic carbocycles. The van der Waals surface area contributed by atoms with Gasteiger partial charge in [0.05, 0.1) is 18.2 Å². The number of fused-ring (bicyclic) bond motifs is 2. The van der Waals surface area contributed by atoms with Gasteiger partial charge in [0.15, 0.2) is 0 Å². The number of hydrogen-bond donors (Lipinski definition) is 2. The Kier molecular flexibility index (Phi) is 7.67. The van der Waals surface area contributed by atoms with Crippen LogP contribution in [0.2, 0.25) is 0 Å². The number of allylic oxidation sites excluding steroid dienone is 2. The summed E-state index contributed by atoms with van der Waals surface area (Å²) in [6, 6.07) is 7.19. The van der Waals surface area contributed by atoms with E-state index in [2.05, 4.69) is 20.7 Å². The zero-order valence-electron chi connectivity index (χ0n) is 16.0. The SMILES string of the molecule is O=C(O)CCC/C=C/CC1C2CCC(O2)C1NS(=O)(=O)/C=C/c1cccc(Br)c1. The Hall–Kier alpha value is -1.48. The molecule has 2 fully saturated rings. The van der Waals surface area contributed by atoms with Crippen molar-refractivity contribution in [2.45, 2.75) is 56.8 Å². The predicted molar refractivity (Wildman–Crippen MR) is 116 cm³/mol. The molecule has 4 atom stereocenters. The fraction of sp³-hybridized carbons (Fsp3) is 0.476. The summed E-state index contributed by atoms with van der Waals surface area (Å²) in [7, 11) is -3.60. The Morgan fingerprint density at radius 1 is 1.28 bits per heavy atom. The van der Waals surface area contributed by atoms with E-state index in [1.54, 1.807) is 6.08 Å². The molecule has 2 saturated heterocycles. The minimum Gasteiger partial charge on any atom is -0.481 e. The molecule has 2 aliphatic heterocycles. The number of hydrogen-bond acceptors (Lipinski definition) is 4. The van der Waals surface area contributed by atoms with Gasteiger partial charge in [0.25, 0.3) is 0 Å². The summed E-state index contributed by atoms with van der Waals surface area (Å²) in [5.74, 6) is -0.691. The van der Waals surface area contributed by atoms with Crippen molar-refractivity contribution >= 4 is 38.0 Å². The van der Waals surface area contributed by atoms with Crippen LogP contribution in [0.15, 0.2) is 46.3 Å². The first-order valence-corrected chi connectivity index (χ1v) is 12.2. The number of rotatable bonds is 10. The van der Waals surface area contributed by atoms with Crippen LogP contribution in [0.5, 0.6) is 0 Å². The molecule has 0 spiro atoms. The average Bonchev–Trinajstić information content (AvgIpc) is 3.25. The fourth-order valence-electron chi connectivity index (χ4n) is 3.99. The topological polar surface area (TPSA) is 92.7 Å². The number of unbranched alkanes of at least 4 members (excludes halogenated alkanes) is 1. The summed E-state index contributed by atoms with van der Waals surface area (Å²) in [6.07, 6.45) is 9.59. The normalized spacial score (nSPS) is 26.7. The van der Waals surface area contributed by atoms with Gasteiger partial charge in [-0.2, -0.15) is 0 Å². The molecule has 2 aliphatic rings. The van der Waals surface area contributed by atoms with Gasteiger partial charge in [0, 0.05) is 22.2 Å². The lowest BCUT2D eigenvalue weighted by atomic mass is 9.83. The first kappa shape index (κ1) is 22.2. The van der Waals surface area contributed by atoms with Gasteiger partial charge in [0.1, 0.15) is 0 Å². The summed E-state index contributed by atoms with van der Waals surface area (Å²) in [6.45, 7) is 0. The van der Waals surface area contributed by atoms with Crippen LogP contribution < -0.4 is 4.72 Å². The maximum absolute atomic E-state index is 12.6. The number of carboxylic acids is 1. The summed E-state index contributed by atoms with van der Waals surface area (Å²) in [5.41, 5.74) is 0.801. The average molecular weight is 484 g/mol. The van der Waals surface area contributed by atoms with Crippen molar-refractivity contribution < 1.29 is 23.1 Å². The second-order valence-corrected chi connectivity index (χ2v) is 10.0. The van der Waals surface area contributed by atoms with Gasteiger partial charge in [-0.05, 0) is 55.9 Å². The van der Waals surface area contributed by atoms with E-state index in [-0.39, 0.29) is 30.6 Å². The molecular weight excluding hydrogens is 458 g/mol. The van der Waals surface area contributed by atoms with Crippen molar-refractivity contribution in [1.82, 2.24) is 4.72 Å². The van der Waals surface area contributed by atoms with E-state index in [1.807, 2.05) is 36.4 Å². The van der Waals surface area contributed by atoms with Gasteiger partial charge >= 0.3 is 5.97 Å². The minimum absolute atomic E-state index is 0.0745. The number of aliphatic carboxylic acids is 1. The number of benzene rings is 1. The quantitative estimate of drug-likeness (QED) is 0.386. The molecule has 0 aromatic heterocycles. The Balaban J connectivity index is 1.58. The third-order valence-corrected chi connectivity index (χ3v) is 6.94. The first-order valence-electron chi connectivity index (χ1n) is 9.82. The standard InChI is InChI=1S/C21H26BrNO5S/c22-16-7-5-6-15(14-16)12-13-29(26,27)23-21-17(18-10-11-19(21)28-18)8-3-1-2-4-9-20(24)25/h1,3,5-7,12-14,17-19,21,23H,2,4,8-11H2,(H,24,25)/b3-1+,13-12+. The molecule has 0 aliphatic carbocycles. The molecule has 1 aromatic rings. The molecule has 8 heteroatoms. The van der Waals surface area contributed by atoms with Crippen LogP contribution in [0.25, 0.3) is 6.08 Å². The zero-order valence-corrected chi connectivity index (χ0v) is 18.4. The zero-order chi connectivity index (χ0) is 20.9. The van der Waals surface area contributed by atoms with Crippen molar-refractivity contribution in [3.8, 4) is 0 Å². The second kappa shape index (κ2) is 10.0. The Morgan fingerprint density at radius 3 is 2.83 bits per heavy atom. The van der Waals surface area contributed by atoms with E-state index in [4.69, 9.17) is 9.84 Å². The third-order valence-electron chi connectivity index (χ3n) is 5.35. The Morgan fingerprint density at radius 2 is 2.07 bits per heavy atom. The first-order chi connectivity index (χ1) is 13.8. The van der Waals surface area contributed by atoms with Crippen LogP contribution in [0.4, 0.5) is 0 Å². The van der Waals surface area contributed by atoms with Crippen LogP contribution in [0.3, 0.4) is 0 Å². The monoisotopic (exact) mass is 483 g/mol. The van der Waals surface area contributed by atoms with Crippen molar-refractivity contribution in [3.63, 3.8) is 0 Å². The Labute approximate surface area is 180 Å². The third kappa shape index (κ3) is 6.50. The smallest absolute Gasteiger partial charge is 0.303 e. The number of carbonyl (C=O) groups is 1. The van der Waals surface area contributed by atoms with Crippen molar-refractivity contribution in [2.75, 3.05) is 0 Å². The molecule has 0 radical (unpaired) electrons. The van der Waals surface area contributed by atoms with Crippen LogP contribution in [-0.2, 0) is 19.6 Å². The molecule has 0 saturated carbocycles. The number of sulfonamides is 1. The number of halogens is 1. The van der Waals surface area contributed by atoms with Crippen molar-refractivity contribution in [1.29, 1.82) is 0 Å². The summed E-state index contributed by atoms with van der Waals surface area (Å²) >= 11 is 3.38. The summed E-state index contributed by atoms with van der Waals surface area (Å²) in [4.78, 5) is 10.6. The fourth-order valence-corrected chi connectivity index (χ4v) is 5.52. The summed E-state index contributed by atoms with van der Waals surface area (Å²) in [5, 5.41) is 9.88. The van der Waals surface area contributed by atoms with Gasteiger partial charge in [0.2, 0.25) is 10.0 Å². The van der Waals surface area contributed by atoms with Crippen LogP contribution in [0, 0.1) is 5.92 Å². The molecule has 4 unspecified atom stereocenters. The van der Waals surface area contributed by atoms with E-state index in [1.165, 1.54) is 5.41 Å². The predicted octanol–water partition coefficient (Wildman–Crippen LogP) is 4.09. The summed E-state index contributed by atoms with van der Waals surface area (Å²) < 4.78 is 34.9. The molecule has 2 bridgehead atoms. The number of carboxylic acid groups (broad SMARTS) is 1. The van der Waals surface area contributed by atoms with E-state index in [9.17, 15) is 13.2 Å². The van der Waals surface area contributed by atoms with E-state index >= 15 is 0 Å². The van der Waals surface area contributed by atoms with E-state index in [0.29, 0.717) is 12.8 Å². The lowest BCUT2D eigenvalue weighted by Crippen LogP contribution is -2.46. The highest BCUT2D eigenvalue weighted by Crippen LogP contribution is 2.41. The van der Waals surface area contributed by atoms with Crippen LogP contribution in [-0.4, -0.2) is 37.7 Å². The minimum atomic E-state index is -3.60. The molecule has 3 rings (SSSR count). The molecular formula is C21H26BrNO5S. The van der Waals surface area contributed by atoms with Gasteiger partial charge in [-0.25, -0.2) is 13.1 Å². The largest absolute Gasteiger partial charge is 0.481 e. The number of ether oxygens (including phenoxy) is 1. The molecule has 2 N–H and O–H groups in total. The molecule has 158 valence electrons. The van der Waals surface area contributed by atoms with Gasteiger partial charge in [-0.15, -0.1) is 0 Å². The molecule has 29 heavy (non-hydrogen) atoms. The van der Waals surface area contributed by atoms with Gasteiger partial charge < -0.3 is 9.84 Å². The highest BCUT2D eigenvalue weighted by Gasteiger charge is 2.49. The lowest BCUT2D eigenvalue weighted by molar-refractivity contribution is -0.137. The van der Waals surface area contributed by atoms with E-state index in [0.717, 1.165) is 29.3 Å². The molecule has 2 heterocycles. The number of nitrogens with one attached hydrogen (secondary N) is 1. The lowest BCUT2D eigenvalue weighted by Gasteiger charge is -2.27. The molecule has 6 nitrogen and oxygen atoms in total. The molecule has 0 amide bonds. The maximum Gasteiger partial charge on any atom is 0.303 e. The van der Waals surface area contributed by atoms with Gasteiger partial charge in [-0.1, -0.05) is 40.2 Å². The van der Waals surface area contributed by atoms with Crippen molar-refractivity contribution in [3.05, 3.63) is 51.9 Å². The van der Waals surface area contributed by atoms with Gasteiger partial charge in [-0.3, -0.25) is 4.79 Å². The van der Waals surface area contributed by atoms with Crippen LogP contribution in [0.1, 0.15) is 44.1 Å². The Bertz CT molecular complexity index is 883. The van der Waals surface area contributed by atoms with Crippen molar-refractivity contribution in [2.24, 2.45) is 5.92 Å². The van der Waals surface area contributed by atoms with Crippen LogP contribution >= 0.6 is 15.9 Å². The van der Waals surface area contributed by atoms with E-state index < -0.39 is 16.0 Å².